The van der Waals surface area contributed by atoms with E-state index in [2.05, 4.69) is 4.18 Å². The van der Waals surface area contributed by atoms with Crippen molar-refractivity contribution in [2.24, 2.45) is 10.8 Å². The van der Waals surface area contributed by atoms with Crippen LogP contribution >= 0.6 is 0 Å². The van der Waals surface area contributed by atoms with Gasteiger partial charge in [0, 0.05) is 6.61 Å². The molecule has 0 aliphatic heterocycles. The molecule has 3 aliphatic rings. The SMILES string of the molecule is CCOCCOCCOCCOCC12CC(COCCOCCOCCOCCOS(C)(=O)=O)(C1)C2. The first kappa shape index (κ1) is 31.8. The lowest BCUT2D eigenvalue weighted by Crippen LogP contribution is -2.65. The molecule has 0 aromatic carbocycles. The standard InChI is InChI=1S/C24H46O11S/c1-3-27-4-5-28-6-8-30-12-14-33-21-23-18-24(19-23,20-23)22-34-15-13-31-9-7-29-10-11-32-16-17-35-36(2,25)26/h3-22H2,1-2H3. The van der Waals surface area contributed by atoms with Gasteiger partial charge in [0.1, 0.15) is 0 Å². The third kappa shape index (κ3) is 13.9. The Kier molecular flexibility index (Phi) is 15.9. The van der Waals surface area contributed by atoms with Crippen LogP contribution in [-0.4, -0.2) is 127 Å². The topological polar surface area (TPSA) is 117 Å². The van der Waals surface area contributed by atoms with Crippen molar-refractivity contribution in [3.63, 3.8) is 0 Å². The van der Waals surface area contributed by atoms with Crippen molar-refractivity contribution in [3.8, 4) is 0 Å². The highest BCUT2D eigenvalue weighted by molar-refractivity contribution is 7.85. The average molecular weight is 543 g/mol. The summed E-state index contributed by atoms with van der Waals surface area (Å²) in [6.07, 6.45) is 4.57. The zero-order valence-electron chi connectivity index (χ0n) is 22.0. The Labute approximate surface area is 216 Å². The van der Waals surface area contributed by atoms with Gasteiger partial charge in [-0.1, -0.05) is 0 Å². The van der Waals surface area contributed by atoms with Crippen LogP contribution < -0.4 is 0 Å². The Morgan fingerprint density at radius 2 is 0.806 bits per heavy atom. The molecule has 3 fully saturated rings. The van der Waals surface area contributed by atoms with Crippen LogP contribution in [0.3, 0.4) is 0 Å². The summed E-state index contributed by atoms with van der Waals surface area (Å²) in [5.74, 6) is 0. The molecule has 2 bridgehead atoms. The first-order chi connectivity index (χ1) is 17.4. The summed E-state index contributed by atoms with van der Waals surface area (Å²) in [6, 6.07) is 0. The number of rotatable bonds is 27. The molecule has 0 saturated heterocycles. The summed E-state index contributed by atoms with van der Waals surface area (Å²) in [5, 5.41) is 0. The molecule has 0 radical (unpaired) electrons. The molecule has 36 heavy (non-hydrogen) atoms. The van der Waals surface area contributed by atoms with E-state index in [1.54, 1.807) is 0 Å². The summed E-state index contributed by atoms with van der Waals surface area (Å²) < 4.78 is 70.0. The largest absolute Gasteiger partial charge is 0.379 e. The molecule has 0 atom stereocenters. The lowest BCUT2D eigenvalue weighted by atomic mass is 9.35. The molecule has 0 aromatic rings. The molecule has 0 N–H and O–H groups in total. The normalized spacial score (nSPS) is 22.9. The minimum absolute atomic E-state index is 0.0144. The first-order valence-electron chi connectivity index (χ1n) is 12.9. The van der Waals surface area contributed by atoms with Gasteiger partial charge in [0.2, 0.25) is 0 Å². The Morgan fingerprint density at radius 1 is 0.500 bits per heavy atom. The molecule has 12 heteroatoms. The van der Waals surface area contributed by atoms with E-state index in [9.17, 15) is 8.42 Å². The predicted octanol–water partition coefficient (Wildman–Crippen LogP) is 1.29. The molecular formula is C24H46O11S. The van der Waals surface area contributed by atoms with Crippen LogP contribution in [0.5, 0.6) is 0 Å². The summed E-state index contributed by atoms with van der Waals surface area (Å²) in [7, 11) is -3.41. The minimum atomic E-state index is -3.41. The molecule has 11 nitrogen and oxygen atoms in total. The van der Waals surface area contributed by atoms with Crippen LogP contribution in [0.2, 0.25) is 0 Å². The summed E-state index contributed by atoms with van der Waals surface area (Å²) in [6.45, 7) is 11.0. The molecule has 0 aromatic heterocycles. The molecular weight excluding hydrogens is 496 g/mol. The van der Waals surface area contributed by atoms with E-state index in [0.717, 1.165) is 26.1 Å². The first-order valence-corrected chi connectivity index (χ1v) is 14.7. The molecule has 0 spiro atoms. The van der Waals surface area contributed by atoms with Gasteiger partial charge in [0.05, 0.1) is 112 Å². The van der Waals surface area contributed by atoms with Gasteiger partial charge in [0.15, 0.2) is 0 Å². The van der Waals surface area contributed by atoms with Crippen molar-refractivity contribution in [3.05, 3.63) is 0 Å². The highest BCUT2D eigenvalue weighted by atomic mass is 32.2. The van der Waals surface area contributed by atoms with Gasteiger partial charge >= 0.3 is 0 Å². The van der Waals surface area contributed by atoms with Crippen LogP contribution in [0.4, 0.5) is 0 Å². The fourth-order valence-electron chi connectivity index (χ4n) is 4.72. The van der Waals surface area contributed by atoms with E-state index in [1.807, 2.05) is 6.92 Å². The van der Waals surface area contributed by atoms with Crippen molar-refractivity contribution in [2.75, 3.05) is 119 Å². The van der Waals surface area contributed by atoms with Crippen molar-refractivity contribution >= 4 is 10.1 Å². The second kappa shape index (κ2) is 18.0. The third-order valence-electron chi connectivity index (χ3n) is 6.03. The maximum atomic E-state index is 10.8. The third-order valence-corrected chi connectivity index (χ3v) is 6.62. The Bertz CT molecular complexity index is 639. The van der Waals surface area contributed by atoms with Crippen molar-refractivity contribution in [1.29, 1.82) is 0 Å². The molecule has 214 valence electrons. The van der Waals surface area contributed by atoms with Crippen molar-refractivity contribution in [1.82, 2.24) is 0 Å². The van der Waals surface area contributed by atoms with Gasteiger partial charge in [0.25, 0.3) is 10.1 Å². The van der Waals surface area contributed by atoms with Crippen molar-refractivity contribution < 1.29 is 50.5 Å². The maximum Gasteiger partial charge on any atom is 0.264 e. The lowest BCUT2D eigenvalue weighted by Gasteiger charge is -2.70. The quantitative estimate of drug-likeness (QED) is 0.110. The Morgan fingerprint density at radius 3 is 1.14 bits per heavy atom. The van der Waals surface area contributed by atoms with Gasteiger partial charge in [-0.05, 0) is 37.0 Å². The summed E-state index contributed by atoms with van der Waals surface area (Å²) >= 11 is 0. The summed E-state index contributed by atoms with van der Waals surface area (Å²) in [5.41, 5.74) is 0.720. The highest BCUT2D eigenvalue weighted by Gasteiger charge is 2.67. The van der Waals surface area contributed by atoms with Gasteiger partial charge in [-0.3, -0.25) is 4.18 Å². The molecule has 3 aliphatic carbocycles. The Hall–Kier alpha value is -0.410. The van der Waals surface area contributed by atoms with E-state index >= 15 is 0 Å². The van der Waals surface area contributed by atoms with Crippen LogP contribution in [0, 0.1) is 10.8 Å². The average Bonchev–Trinajstić information content (AvgIpc) is 2.78. The molecule has 3 saturated carbocycles. The highest BCUT2D eigenvalue weighted by Crippen LogP contribution is 2.73. The molecule has 0 amide bonds. The van der Waals surface area contributed by atoms with Gasteiger partial charge in [-0.2, -0.15) is 8.42 Å². The zero-order valence-corrected chi connectivity index (χ0v) is 22.9. The van der Waals surface area contributed by atoms with E-state index < -0.39 is 10.1 Å². The number of ether oxygens (including phenoxy) is 8. The van der Waals surface area contributed by atoms with Gasteiger partial charge < -0.3 is 37.9 Å². The van der Waals surface area contributed by atoms with E-state index in [4.69, 9.17) is 37.9 Å². The van der Waals surface area contributed by atoms with Crippen molar-refractivity contribution in [2.45, 2.75) is 26.2 Å². The summed E-state index contributed by atoms with van der Waals surface area (Å²) in [4.78, 5) is 0. The van der Waals surface area contributed by atoms with Gasteiger partial charge in [-0.25, -0.2) is 0 Å². The second-order valence-corrected chi connectivity index (χ2v) is 11.1. The molecule has 0 unspecified atom stereocenters. The fourth-order valence-corrected chi connectivity index (χ4v) is 5.09. The fraction of sp³-hybridized carbons (Fsp3) is 1.00. The van der Waals surface area contributed by atoms with Crippen LogP contribution in [0.1, 0.15) is 26.2 Å². The molecule has 0 heterocycles. The van der Waals surface area contributed by atoms with E-state index in [0.29, 0.717) is 90.1 Å². The van der Waals surface area contributed by atoms with Crippen LogP contribution in [-0.2, 0) is 52.2 Å². The monoisotopic (exact) mass is 542 g/mol. The number of hydrogen-bond donors (Lipinski definition) is 0. The minimum Gasteiger partial charge on any atom is -0.379 e. The molecule has 3 rings (SSSR count). The van der Waals surface area contributed by atoms with E-state index in [-0.39, 0.29) is 13.2 Å². The van der Waals surface area contributed by atoms with E-state index in [1.165, 1.54) is 19.3 Å². The van der Waals surface area contributed by atoms with Crippen LogP contribution in [0.25, 0.3) is 0 Å². The zero-order chi connectivity index (χ0) is 26.0. The van der Waals surface area contributed by atoms with Gasteiger partial charge in [-0.15, -0.1) is 0 Å². The predicted molar refractivity (Wildman–Crippen MR) is 132 cm³/mol. The maximum absolute atomic E-state index is 10.8. The lowest BCUT2D eigenvalue weighted by molar-refractivity contribution is -0.254. The smallest absolute Gasteiger partial charge is 0.264 e. The second-order valence-electron chi connectivity index (χ2n) is 9.42. The Balaban J connectivity index is 1.26. The van der Waals surface area contributed by atoms with Crippen LogP contribution in [0.15, 0.2) is 0 Å². The number of hydrogen-bond acceptors (Lipinski definition) is 11.